The zero-order chi connectivity index (χ0) is 30.5. The highest BCUT2D eigenvalue weighted by molar-refractivity contribution is 7.26. The summed E-state index contributed by atoms with van der Waals surface area (Å²) in [5, 5.41) is 5.12. The molecule has 5 aromatic carbocycles. The number of fused-ring (bicyclic) bond motifs is 4. The summed E-state index contributed by atoms with van der Waals surface area (Å²) in [5.74, 6) is 0. The minimum atomic E-state index is -1.29. The lowest BCUT2D eigenvalue weighted by molar-refractivity contribution is 1.41. The fourth-order valence-corrected chi connectivity index (χ4v) is 8.52. The molecule has 0 N–H and O–H groups in total. The van der Waals surface area contributed by atoms with Gasteiger partial charge in [-0.15, -0.1) is 11.3 Å². The molecular formula is C41H32N2SSi. The van der Waals surface area contributed by atoms with Crippen LogP contribution in [0.15, 0.2) is 140 Å². The third kappa shape index (κ3) is 5.16. The van der Waals surface area contributed by atoms with E-state index in [2.05, 4.69) is 146 Å². The Bertz CT molecular complexity index is 2330. The lowest BCUT2D eigenvalue weighted by Gasteiger charge is -2.16. The van der Waals surface area contributed by atoms with Gasteiger partial charge in [-0.2, -0.15) is 0 Å². The first-order chi connectivity index (χ1) is 21.9. The van der Waals surface area contributed by atoms with Crippen LogP contribution < -0.4 is 5.19 Å². The number of pyridine rings is 2. The van der Waals surface area contributed by atoms with E-state index in [1.54, 1.807) is 11.3 Å². The molecule has 3 heterocycles. The molecule has 0 atom stereocenters. The molecule has 0 saturated carbocycles. The highest BCUT2D eigenvalue weighted by Crippen LogP contribution is 2.39. The maximum absolute atomic E-state index is 4.88. The van der Waals surface area contributed by atoms with Gasteiger partial charge in [0.2, 0.25) is 0 Å². The molecule has 0 saturated heterocycles. The van der Waals surface area contributed by atoms with Crippen molar-refractivity contribution in [1.29, 1.82) is 0 Å². The Morgan fingerprint density at radius 2 is 1.11 bits per heavy atom. The van der Waals surface area contributed by atoms with Crippen molar-refractivity contribution in [3.05, 3.63) is 140 Å². The Morgan fingerprint density at radius 1 is 0.511 bits per heavy atom. The SMILES string of the molecule is C[Si](C)(C)c1ccc(-c2ccc(-c3ccc4cc(-c5ccc(-c6cccc7c6sc6ncccc67)cc5)cnc4c3)cc2)cc1. The summed E-state index contributed by atoms with van der Waals surface area (Å²) in [5.41, 5.74) is 10.6. The van der Waals surface area contributed by atoms with E-state index in [0.717, 1.165) is 26.9 Å². The van der Waals surface area contributed by atoms with Crippen LogP contribution in [0.3, 0.4) is 0 Å². The van der Waals surface area contributed by atoms with Gasteiger partial charge in [0, 0.05) is 38.8 Å². The summed E-state index contributed by atoms with van der Waals surface area (Å²) in [6.07, 6.45) is 3.86. The molecule has 0 unspecified atom stereocenters. The molecule has 2 nitrogen and oxygen atoms in total. The Balaban J connectivity index is 1.04. The molecule has 3 aromatic heterocycles. The summed E-state index contributed by atoms with van der Waals surface area (Å²) in [6, 6.07) is 46.4. The first-order valence-electron chi connectivity index (χ1n) is 15.4. The number of benzene rings is 5. The first kappa shape index (κ1) is 27.6. The molecule has 4 heteroatoms. The van der Waals surface area contributed by atoms with E-state index in [1.165, 1.54) is 54.0 Å². The normalized spacial score (nSPS) is 11.9. The fraction of sp³-hybridized carbons (Fsp3) is 0.0732. The predicted octanol–water partition coefficient (Wildman–Crippen LogP) is 11.2. The van der Waals surface area contributed by atoms with Crippen molar-refractivity contribution in [1.82, 2.24) is 9.97 Å². The van der Waals surface area contributed by atoms with Gasteiger partial charge in [-0.3, -0.25) is 4.98 Å². The third-order valence-corrected chi connectivity index (χ3v) is 12.0. The van der Waals surface area contributed by atoms with Gasteiger partial charge in [0.15, 0.2) is 0 Å². The largest absolute Gasteiger partial charge is 0.256 e. The van der Waals surface area contributed by atoms with Gasteiger partial charge >= 0.3 is 0 Å². The Hall–Kier alpha value is -4.90. The highest BCUT2D eigenvalue weighted by atomic mass is 32.1. The van der Waals surface area contributed by atoms with E-state index < -0.39 is 8.07 Å². The van der Waals surface area contributed by atoms with Crippen LogP contribution in [-0.2, 0) is 0 Å². The van der Waals surface area contributed by atoms with E-state index in [0.29, 0.717) is 0 Å². The third-order valence-electron chi connectivity index (χ3n) is 8.79. The van der Waals surface area contributed by atoms with E-state index in [9.17, 15) is 0 Å². The van der Waals surface area contributed by atoms with Crippen molar-refractivity contribution in [2.24, 2.45) is 0 Å². The molecule has 45 heavy (non-hydrogen) atoms. The topological polar surface area (TPSA) is 25.8 Å². The van der Waals surface area contributed by atoms with Crippen LogP contribution in [0.25, 0.3) is 75.7 Å². The molecule has 0 radical (unpaired) electrons. The zero-order valence-corrected chi connectivity index (χ0v) is 27.4. The standard InChI is InChI=1S/C41H32N2SSi/c1-45(2,3)35-21-19-28(20-22-35)27-9-11-29(12-10-27)32-17-18-33-24-34(26-43-39(33)25-32)30-13-15-31(16-14-30)36-6-4-7-37-38-8-5-23-42-41(38)44-40(36)37/h4-26H,1-3H3. The van der Waals surface area contributed by atoms with Crippen molar-refractivity contribution in [3.8, 4) is 44.5 Å². The Labute approximate surface area is 268 Å². The van der Waals surface area contributed by atoms with E-state index in [-0.39, 0.29) is 0 Å². The van der Waals surface area contributed by atoms with E-state index in [1.807, 2.05) is 18.5 Å². The number of thiophene rings is 1. The number of rotatable bonds is 5. The summed E-state index contributed by atoms with van der Waals surface area (Å²) in [4.78, 5) is 10.6. The van der Waals surface area contributed by atoms with Crippen molar-refractivity contribution in [2.45, 2.75) is 19.6 Å². The van der Waals surface area contributed by atoms with Gasteiger partial charge in [-0.1, -0.05) is 128 Å². The van der Waals surface area contributed by atoms with Crippen molar-refractivity contribution in [2.75, 3.05) is 0 Å². The average molecular weight is 613 g/mol. The molecule has 8 rings (SSSR count). The van der Waals surface area contributed by atoms with Crippen LogP contribution in [0, 0.1) is 0 Å². The van der Waals surface area contributed by atoms with E-state index in [4.69, 9.17) is 4.98 Å². The molecule has 0 aliphatic carbocycles. The second-order valence-electron chi connectivity index (χ2n) is 12.8. The van der Waals surface area contributed by atoms with Gasteiger partial charge in [0.05, 0.1) is 13.6 Å². The number of nitrogens with zero attached hydrogens (tertiary/aromatic N) is 2. The molecule has 0 spiro atoms. The second kappa shape index (κ2) is 10.9. The molecule has 216 valence electrons. The summed E-state index contributed by atoms with van der Waals surface area (Å²) in [6.45, 7) is 7.17. The molecular weight excluding hydrogens is 581 g/mol. The second-order valence-corrected chi connectivity index (χ2v) is 18.8. The zero-order valence-electron chi connectivity index (χ0n) is 25.6. The number of aromatic nitrogens is 2. The quantitative estimate of drug-likeness (QED) is 0.181. The fourth-order valence-electron chi connectivity index (χ4n) is 6.18. The highest BCUT2D eigenvalue weighted by Gasteiger charge is 2.16. The van der Waals surface area contributed by atoms with Gasteiger partial charge < -0.3 is 0 Å². The minimum Gasteiger partial charge on any atom is -0.256 e. The first-order valence-corrected chi connectivity index (χ1v) is 19.7. The Kier molecular flexibility index (Phi) is 6.70. The maximum Gasteiger partial charge on any atom is 0.124 e. The summed E-state index contributed by atoms with van der Waals surface area (Å²) >= 11 is 1.77. The van der Waals surface area contributed by atoms with Gasteiger partial charge in [-0.05, 0) is 63.2 Å². The molecule has 0 bridgehead atoms. The summed E-state index contributed by atoms with van der Waals surface area (Å²) in [7, 11) is -1.29. The minimum absolute atomic E-state index is 1.00. The van der Waals surface area contributed by atoms with Crippen molar-refractivity contribution in [3.63, 3.8) is 0 Å². The molecule has 0 aliphatic heterocycles. The molecule has 8 aromatic rings. The van der Waals surface area contributed by atoms with Gasteiger partial charge in [0.25, 0.3) is 0 Å². The maximum atomic E-state index is 4.88. The van der Waals surface area contributed by atoms with Crippen LogP contribution in [0.1, 0.15) is 0 Å². The smallest absolute Gasteiger partial charge is 0.124 e. The van der Waals surface area contributed by atoms with Crippen LogP contribution in [0.5, 0.6) is 0 Å². The van der Waals surface area contributed by atoms with Gasteiger partial charge in [-0.25, -0.2) is 4.98 Å². The number of hydrogen-bond donors (Lipinski definition) is 0. The van der Waals surface area contributed by atoms with E-state index >= 15 is 0 Å². The predicted molar refractivity (Wildman–Crippen MR) is 197 cm³/mol. The lowest BCUT2D eigenvalue weighted by atomic mass is 9.98. The Morgan fingerprint density at radius 3 is 1.82 bits per heavy atom. The summed E-state index contributed by atoms with van der Waals surface area (Å²) < 4.78 is 1.29. The van der Waals surface area contributed by atoms with Crippen molar-refractivity contribution < 1.29 is 0 Å². The molecule has 0 aliphatic rings. The van der Waals surface area contributed by atoms with Gasteiger partial charge in [0.1, 0.15) is 4.83 Å². The van der Waals surface area contributed by atoms with Crippen LogP contribution >= 0.6 is 11.3 Å². The molecule has 0 amide bonds. The van der Waals surface area contributed by atoms with Crippen LogP contribution in [0.2, 0.25) is 19.6 Å². The van der Waals surface area contributed by atoms with Crippen LogP contribution in [-0.4, -0.2) is 18.0 Å². The lowest BCUT2D eigenvalue weighted by Crippen LogP contribution is -2.37. The average Bonchev–Trinajstić information content (AvgIpc) is 3.47. The monoisotopic (exact) mass is 612 g/mol. The number of hydrogen-bond acceptors (Lipinski definition) is 3. The van der Waals surface area contributed by atoms with Crippen molar-refractivity contribution >= 4 is 55.8 Å². The molecule has 0 fully saturated rings. The van der Waals surface area contributed by atoms with Crippen LogP contribution in [0.4, 0.5) is 0 Å².